The van der Waals surface area contributed by atoms with Crippen molar-refractivity contribution in [1.29, 1.82) is 5.41 Å². The molecule has 1 N–H and O–H groups in total. The number of nitrogens with zero attached hydrogens (tertiary/aromatic N) is 1. The van der Waals surface area contributed by atoms with Gasteiger partial charge in [0.2, 0.25) is 0 Å². The predicted molar refractivity (Wildman–Crippen MR) is 76.3 cm³/mol. The summed E-state index contributed by atoms with van der Waals surface area (Å²) in [4.78, 5) is 4.58. The zero-order valence-electron chi connectivity index (χ0n) is 9.96. The van der Waals surface area contributed by atoms with Crippen molar-refractivity contribution < 1.29 is 4.74 Å². The molecule has 0 saturated heterocycles. The molecule has 0 amide bonds. The van der Waals surface area contributed by atoms with E-state index in [9.17, 15) is 0 Å². The van der Waals surface area contributed by atoms with Gasteiger partial charge in [-0.25, -0.2) is 4.98 Å². The first-order valence-corrected chi connectivity index (χ1v) is 6.84. The van der Waals surface area contributed by atoms with Gasteiger partial charge in [0.25, 0.3) is 0 Å². The number of thiazole rings is 1. The van der Waals surface area contributed by atoms with Crippen LogP contribution in [0.4, 0.5) is 0 Å². The monoisotopic (exact) mass is 266 g/mol. The minimum absolute atomic E-state index is 0.366. The number of aromatic nitrogens is 1. The Morgan fingerprint density at radius 3 is 2.68 bits per heavy atom. The van der Waals surface area contributed by atoms with Crippen LogP contribution in [0.25, 0.3) is 10.2 Å². The number of para-hydroxylation sites is 2. The topological polar surface area (TPSA) is 46.0 Å². The lowest BCUT2D eigenvalue weighted by molar-refractivity contribution is 0.289. The molecular formula is C15H10N2OS. The molecule has 0 saturated carbocycles. The van der Waals surface area contributed by atoms with E-state index in [0.717, 1.165) is 26.5 Å². The summed E-state index contributed by atoms with van der Waals surface area (Å²) in [7, 11) is 0. The highest BCUT2D eigenvalue weighted by Gasteiger charge is 2.32. The Hall–Kier alpha value is -2.20. The van der Waals surface area contributed by atoms with Crippen LogP contribution in [0.5, 0.6) is 5.75 Å². The van der Waals surface area contributed by atoms with Gasteiger partial charge in [-0.05, 0) is 24.3 Å². The molecule has 3 nitrogen and oxygen atoms in total. The second-order valence-corrected chi connectivity index (χ2v) is 5.49. The molecule has 2 aromatic carbocycles. The van der Waals surface area contributed by atoms with Gasteiger partial charge in [0.15, 0.2) is 6.10 Å². The molecule has 0 aliphatic carbocycles. The molecule has 0 fully saturated rings. The first kappa shape index (κ1) is 10.7. The van der Waals surface area contributed by atoms with Crippen molar-refractivity contribution in [2.75, 3.05) is 0 Å². The van der Waals surface area contributed by atoms with Crippen molar-refractivity contribution in [3.05, 3.63) is 59.1 Å². The van der Waals surface area contributed by atoms with Gasteiger partial charge in [0.1, 0.15) is 10.8 Å². The van der Waals surface area contributed by atoms with Crippen molar-refractivity contribution in [3.63, 3.8) is 0 Å². The van der Waals surface area contributed by atoms with Gasteiger partial charge >= 0.3 is 0 Å². The Morgan fingerprint density at radius 2 is 1.84 bits per heavy atom. The van der Waals surface area contributed by atoms with Gasteiger partial charge in [-0.2, -0.15) is 0 Å². The molecule has 0 bridgehead atoms. The van der Waals surface area contributed by atoms with Gasteiger partial charge in [-0.3, -0.25) is 0 Å². The third-order valence-electron chi connectivity index (χ3n) is 3.22. The lowest BCUT2D eigenvalue weighted by Crippen LogP contribution is -2.10. The van der Waals surface area contributed by atoms with E-state index in [0.29, 0.717) is 5.71 Å². The van der Waals surface area contributed by atoms with Crippen LogP contribution < -0.4 is 4.74 Å². The van der Waals surface area contributed by atoms with E-state index in [1.54, 1.807) is 11.3 Å². The fraction of sp³-hybridized carbons (Fsp3) is 0.0667. The Kier molecular flexibility index (Phi) is 2.19. The summed E-state index contributed by atoms with van der Waals surface area (Å²) in [5, 5.41) is 9.09. The summed E-state index contributed by atoms with van der Waals surface area (Å²) in [6.07, 6.45) is -0.366. The molecule has 0 radical (unpaired) electrons. The molecule has 1 atom stereocenters. The first-order chi connectivity index (χ1) is 9.33. The zero-order valence-corrected chi connectivity index (χ0v) is 10.8. The van der Waals surface area contributed by atoms with Crippen LogP contribution in [0.15, 0.2) is 48.5 Å². The smallest absolute Gasteiger partial charge is 0.192 e. The number of ether oxygens (including phenoxy) is 1. The molecule has 4 rings (SSSR count). The summed E-state index contributed by atoms with van der Waals surface area (Å²) in [5.41, 5.74) is 2.33. The highest BCUT2D eigenvalue weighted by Crippen LogP contribution is 2.38. The van der Waals surface area contributed by atoms with Crippen LogP contribution in [0.2, 0.25) is 0 Å². The van der Waals surface area contributed by atoms with E-state index in [-0.39, 0.29) is 6.10 Å². The Balaban J connectivity index is 1.81. The average Bonchev–Trinajstić information content (AvgIpc) is 3.00. The van der Waals surface area contributed by atoms with E-state index in [1.807, 2.05) is 48.5 Å². The van der Waals surface area contributed by atoms with Crippen molar-refractivity contribution in [2.45, 2.75) is 6.10 Å². The van der Waals surface area contributed by atoms with Crippen LogP contribution >= 0.6 is 11.3 Å². The molecule has 1 aliphatic heterocycles. The molecule has 2 heterocycles. The quantitative estimate of drug-likeness (QED) is 0.728. The van der Waals surface area contributed by atoms with E-state index >= 15 is 0 Å². The Bertz CT molecular complexity index is 760. The maximum atomic E-state index is 8.24. The summed E-state index contributed by atoms with van der Waals surface area (Å²) < 4.78 is 6.99. The molecule has 4 heteroatoms. The lowest BCUT2D eigenvalue weighted by Gasteiger charge is -2.06. The normalized spacial score (nSPS) is 17.5. The van der Waals surface area contributed by atoms with Gasteiger partial charge in [0, 0.05) is 5.56 Å². The van der Waals surface area contributed by atoms with Crippen LogP contribution in [0.3, 0.4) is 0 Å². The van der Waals surface area contributed by atoms with Crippen LogP contribution in [-0.4, -0.2) is 10.7 Å². The van der Waals surface area contributed by atoms with Crippen LogP contribution in [0.1, 0.15) is 16.7 Å². The van der Waals surface area contributed by atoms with Crippen LogP contribution in [0, 0.1) is 5.41 Å². The Labute approximate surface area is 114 Å². The molecule has 19 heavy (non-hydrogen) atoms. The first-order valence-electron chi connectivity index (χ1n) is 6.03. The highest BCUT2D eigenvalue weighted by atomic mass is 32.1. The standard InChI is InChI=1S/C15H10N2OS/c16-13-9-5-1-3-7-11(9)18-14(13)15-17-10-6-2-4-8-12(10)19-15/h1-8,14,16H. The Morgan fingerprint density at radius 1 is 1.05 bits per heavy atom. The number of hydrogen-bond acceptors (Lipinski definition) is 4. The summed E-state index contributed by atoms with van der Waals surface area (Å²) in [5.74, 6) is 0.775. The minimum atomic E-state index is -0.366. The van der Waals surface area contributed by atoms with E-state index in [4.69, 9.17) is 10.1 Å². The fourth-order valence-corrected chi connectivity index (χ4v) is 3.30. The SMILES string of the molecule is N=C1c2ccccc2OC1c1nc2ccccc2s1. The highest BCUT2D eigenvalue weighted by molar-refractivity contribution is 7.18. The largest absolute Gasteiger partial charge is 0.476 e. The molecule has 92 valence electrons. The molecule has 0 spiro atoms. The van der Waals surface area contributed by atoms with Gasteiger partial charge < -0.3 is 10.1 Å². The van der Waals surface area contributed by atoms with Gasteiger partial charge in [0.05, 0.1) is 15.9 Å². The summed E-state index contributed by atoms with van der Waals surface area (Å²) in [6, 6.07) is 15.7. The van der Waals surface area contributed by atoms with Gasteiger partial charge in [-0.15, -0.1) is 11.3 Å². The molecule has 1 aliphatic rings. The van der Waals surface area contributed by atoms with E-state index in [1.165, 1.54) is 0 Å². The van der Waals surface area contributed by atoms with E-state index < -0.39 is 0 Å². The second kappa shape index (κ2) is 3.90. The number of fused-ring (bicyclic) bond motifs is 2. The number of nitrogens with one attached hydrogen (secondary N) is 1. The van der Waals surface area contributed by atoms with Crippen molar-refractivity contribution in [1.82, 2.24) is 4.98 Å². The van der Waals surface area contributed by atoms with Crippen molar-refractivity contribution in [3.8, 4) is 5.75 Å². The second-order valence-electron chi connectivity index (χ2n) is 4.43. The van der Waals surface area contributed by atoms with E-state index in [2.05, 4.69) is 4.98 Å². The zero-order chi connectivity index (χ0) is 12.8. The third-order valence-corrected chi connectivity index (χ3v) is 4.30. The summed E-state index contributed by atoms with van der Waals surface area (Å²) >= 11 is 1.59. The van der Waals surface area contributed by atoms with Crippen molar-refractivity contribution >= 4 is 27.3 Å². The minimum Gasteiger partial charge on any atom is -0.476 e. The predicted octanol–water partition coefficient (Wildman–Crippen LogP) is 3.80. The lowest BCUT2D eigenvalue weighted by atomic mass is 10.1. The maximum Gasteiger partial charge on any atom is 0.192 e. The molecular weight excluding hydrogens is 256 g/mol. The number of hydrogen-bond donors (Lipinski definition) is 1. The molecule has 1 aromatic heterocycles. The fourth-order valence-electron chi connectivity index (χ4n) is 2.30. The average molecular weight is 266 g/mol. The van der Waals surface area contributed by atoms with Gasteiger partial charge in [-0.1, -0.05) is 24.3 Å². The molecule has 3 aromatic rings. The number of rotatable bonds is 1. The summed E-state index contributed by atoms with van der Waals surface area (Å²) in [6.45, 7) is 0. The van der Waals surface area contributed by atoms with Crippen LogP contribution in [-0.2, 0) is 0 Å². The number of benzene rings is 2. The van der Waals surface area contributed by atoms with Crippen molar-refractivity contribution in [2.24, 2.45) is 0 Å². The third kappa shape index (κ3) is 1.57. The molecule has 1 unspecified atom stereocenters. The maximum absolute atomic E-state index is 8.24.